The maximum atomic E-state index is 12.6. The maximum absolute atomic E-state index is 12.6. The molecule has 138 valence electrons. The van der Waals surface area contributed by atoms with Gasteiger partial charge in [-0.2, -0.15) is 0 Å². The summed E-state index contributed by atoms with van der Waals surface area (Å²) < 4.78 is 0. The van der Waals surface area contributed by atoms with Crippen molar-refractivity contribution < 1.29 is 19.4 Å². The van der Waals surface area contributed by atoms with Gasteiger partial charge in [-0.25, -0.2) is 0 Å². The summed E-state index contributed by atoms with van der Waals surface area (Å²) in [5, 5.41) is 5.12. The highest BCUT2D eigenvalue weighted by Gasteiger charge is 2.29. The molecule has 0 atom stereocenters. The Morgan fingerprint density at radius 2 is 1.88 bits per heavy atom. The molecule has 1 saturated carbocycles. The lowest BCUT2D eigenvalue weighted by Crippen LogP contribution is -3.28. The standard InChI is InChI=1S/C18H28N4O2S/c1-2-22(12-16-4-3-11-25-16)18(24)14-21-9-7-20(8-10-21)13-17(23)19-15-5-6-15/h3-4,11,15H,2,5-10,12-14H2,1H3,(H,19,23)/p+2. The largest absolute Gasteiger partial charge is 0.348 e. The predicted molar refractivity (Wildman–Crippen MR) is 97.7 cm³/mol. The number of hydrogen-bond acceptors (Lipinski definition) is 3. The van der Waals surface area contributed by atoms with Gasteiger partial charge >= 0.3 is 0 Å². The van der Waals surface area contributed by atoms with Crippen LogP contribution < -0.4 is 15.1 Å². The first-order valence-electron chi connectivity index (χ1n) is 9.40. The number of piperazine rings is 1. The van der Waals surface area contributed by atoms with Crippen LogP contribution in [-0.4, -0.2) is 68.6 Å². The minimum Gasteiger partial charge on any atom is -0.348 e. The normalized spacial score (nSPS) is 23.2. The Bertz CT molecular complexity index is 566. The average molecular weight is 367 g/mol. The predicted octanol–water partition coefficient (Wildman–Crippen LogP) is -1.84. The summed E-state index contributed by atoms with van der Waals surface area (Å²) in [4.78, 5) is 30.4. The molecular formula is C18H30N4O2S+2. The Labute approximate surface area is 153 Å². The topological polar surface area (TPSA) is 58.3 Å². The minimum atomic E-state index is 0.185. The fourth-order valence-corrected chi connectivity index (χ4v) is 4.06. The van der Waals surface area contributed by atoms with E-state index < -0.39 is 0 Å². The minimum absolute atomic E-state index is 0.185. The molecule has 6 nitrogen and oxygen atoms in total. The first kappa shape index (κ1) is 18.4. The van der Waals surface area contributed by atoms with Gasteiger partial charge in [0.05, 0.1) is 6.54 Å². The molecule has 1 aromatic heterocycles. The maximum Gasteiger partial charge on any atom is 0.278 e. The molecule has 25 heavy (non-hydrogen) atoms. The summed E-state index contributed by atoms with van der Waals surface area (Å²) in [5.41, 5.74) is 0. The van der Waals surface area contributed by atoms with Gasteiger partial charge in [-0.05, 0) is 31.2 Å². The van der Waals surface area contributed by atoms with Crippen LogP contribution in [0.3, 0.4) is 0 Å². The van der Waals surface area contributed by atoms with E-state index >= 15 is 0 Å². The monoisotopic (exact) mass is 366 g/mol. The smallest absolute Gasteiger partial charge is 0.278 e. The van der Waals surface area contributed by atoms with E-state index in [0.29, 0.717) is 19.1 Å². The number of nitrogens with zero attached hydrogens (tertiary/aromatic N) is 1. The third kappa shape index (κ3) is 5.80. The van der Waals surface area contributed by atoms with E-state index in [4.69, 9.17) is 0 Å². The fourth-order valence-electron chi connectivity index (χ4n) is 3.34. The first-order chi connectivity index (χ1) is 12.1. The Balaban J connectivity index is 1.38. The highest BCUT2D eigenvalue weighted by Crippen LogP contribution is 2.18. The number of rotatable bonds is 8. The second-order valence-electron chi connectivity index (χ2n) is 7.18. The second-order valence-corrected chi connectivity index (χ2v) is 8.21. The molecule has 3 rings (SSSR count). The molecule has 2 fully saturated rings. The van der Waals surface area contributed by atoms with Crippen molar-refractivity contribution >= 4 is 23.2 Å². The number of likely N-dealkylation sites (N-methyl/N-ethyl adjacent to an activating group) is 1. The van der Waals surface area contributed by atoms with Gasteiger partial charge < -0.3 is 20.0 Å². The van der Waals surface area contributed by atoms with E-state index in [1.165, 1.54) is 14.7 Å². The molecule has 0 radical (unpaired) electrons. The van der Waals surface area contributed by atoms with Gasteiger partial charge in [-0.15, -0.1) is 11.3 Å². The number of carbonyl (C=O) groups is 2. The molecule has 1 aliphatic heterocycles. The number of hydrogen-bond donors (Lipinski definition) is 3. The van der Waals surface area contributed by atoms with E-state index in [9.17, 15) is 9.59 Å². The fraction of sp³-hybridized carbons (Fsp3) is 0.667. The number of carbonyl (C=O) groups excluding carboxylic acids is 2. The Morgan fingerprint density at radius 1 is 1.20 bits per heavy atom. The van der Waals surface area contributed by atoms with Gasteiger partial charge in [0.2, 0.25) is 0 Å². The van der Waals surface area contributed by atoms with E-state index in [1.807, 2.05) is 17.9 Å². The third-order valence-electron chi connectivity index (χ3n) is 5.08. The SMILES string of the molecule is CCN(Cc1cccs1)C(=O)C[NH+]1CC[NH+](CC(=O)NC2CC2)CC1. The van der Waals surface area contributed by atoms with E-state index in [1.54, 1.807) is 11.3 Å². The molecule has 2 amide bonds. The molecule has 0 unspecified atom stereocenters. The van der Waals surface area contributed by atoms with E-state index in [2.05, 4.69) is 16.8 Å². The molecule has 1 saturated heterocycles. The highest BCUT2D eigenvalue weighted by molar-refractivity contribution is 7.09. The lowest BCUT2D eigenvalue weighted by Gasteiger charge is -2.30. The van der Waals surface area contributed by atoms with Crippen LogP contribution >= 0.6 is 11.3 Å². The second kappa shape index (κ2) is 8.78. The van der Waals surface area contributed by atoms with Gasteiger partial charge in [0.25, 0.3) is 11.8 Å². The van der Waals surface area contributed by atoms with Crippen LogP contribution in [0.15, 0.2) is 17.5 Å². The van der Waals surface area contributed by atoms with Crippen LogP contribution in [0.2, 0.25) is 0 Å². The average Bonchev–Trinajstić information content (AvgIpc) is 3.25. The molecule has 3 N–H and O–H groups in total. The first-order valence-corrected chi connectivity index (χ1v) is 10.3. The van der Waals surface area contributed by atoms with Crippen molar-refractivity contribution in [3.63, 3.8) is 0 Å². The van der Waals surface area contributed by atoms with Crippen LogP contribution in [0.1, 0.15) is 24.6 Å². The lowest BCUT2D eigenvalue weighted by atomic mass is 10.3. The van der Waals surface area contributed by atoms with Gasteiger partial charge in [0, 0.05) is 17.5 Å². The summed E-state index contributed by atoms with van der Waals surface area (Å²) in [5.74, 6) is 0.422. The quantitative estimate of drug-likeness (QED) is 0.506. The zero-order valence-corrected chi connectivity index (χ0v) is 15.9. The van der Waals surface area contributed by atoms with Gasteiger partial charge in [-0.3, -0.25) is 9.59 Å². The molecule has 0 aromatic carbocycles. The highest BCUT2D eigenvalue weighted by atomic mass is 32.1. The molecule has 0 spiro atoms. The summed E-state index contributed by atoms with van der Waals surface area (Å²) in [6.45, 7) is 8.54. The Morgan fingerprint density at radius 3 is 2.44 bits per heavy atom. The van der Waals surface area contributed by atoms with Crippen molar-refractivity contribution in [2.45, 2.75) is 32.4 Å². The van der Waals surface area contributed by atoms with E-state index in [0.717, 1.165) is 52.1 Å². The molecule has 2 heterocycles. The number of thiophene rings is 1. The van der Waals surface area contributed by atoms with Gasteiger partial charge in [0.1, 0.15) is 26.2 Å². The lowest BCUT2D eigenvalue weighted by molar-refractivity contribution is -1.00. The van der Waals surface area contributed by atoms with Crippen molar-refractivity contribution in [3.8, 4) is 0 Å². The summed E-state index contributed by atoms with van der Waals surface area (Å²) in [7, 11) is 0. The van der Waals surface area contributed by atoms with Crippen molar-refractivity contribution in [2.24, 2.45) is 0 Å². The molecular weight excluding hydrogens is 336 g/mol. The Hall–Kier alpha value is -1.44. The number of quaternary nitrogens is 2. The molecule has 2 aliphatic rings. The van der Waals surface area contributed by atoms with Crippen LogP contribution in [0.5, 0.6) is 0 Å². The van der Waals surface area contributed by atoms with Gasteiger partial charge in [0.15, 0.2) is 13.1 Å². The van der Waals surface area contributed by atoms with Crippen molar-refractivity contribution in [2.75, 3.05) is 45.8 Å². The van der Waals surface area contributed by atoms with Crippen LogP contribution in [0, 0.1) is 0 Å². The van der Waals surface area contributed by atoms with E-state index in [-0.39, 0.29) is 11.8 Å². The third-order valence-corrected chi connectivity index (χ3v) is 5.94. The Kier molecular flexibility index (Phi) is 6.45. The van der Waals surface area contributed by atoms with Gasteiger partial charge in [-0.1, -0.05) is 6.07 Å². The van der Waals surface area contributed by atoms with Crippen LogP contribution in [0.4, 0.5) is 0 Å². The molecule has 1 aliphatic carbocycles. The van der Waals surface area contributed by atoms with Crippen molar-refractivity contribution in [3.05, 3.63) is 22.4 Å². The number of amides is 2. The summed E-state index contributed by atoms with van der Waals surface area (Å²) >= 11 is 1.70. The number of nitrogens with one attached hydrogen (secondary N) is 3. The van der Waals surface area contributed by atoms with Crippen molar-refractivity contribution in [1.29, 1.82) is 0 Å². The molecule has 0 bridgehead atoms. The van der Waals surface area contributed by atoms with Crippen LogP contribution in [-0.2, 0) is 16.1 Å². The molecule has 1 aromatic rings. The van der Waals surface area contributed by atoms with Crippen molar-refractivity contribution in [1.82, 2.24) is 10.2 Å². The zero-order valence-electron chi connectivity index (χ0n) is 15.1. The van der Waals surface area contributed by atoms with Crippen LogP contribution in [0.25, 0.3) is 0 Å². The molecule has 7 heteroatoms. The summed E-state index contributed by atoms with van der Waals surface area (Å²) in [6, 6.07) is 4.56. The summed E-state index contributed by atoms with van der Waals surface area (Å²) in [6.07, 6.45) is 2.28. The zero-order chi connectivity index (χ0) is 17.6.